The zero-order chi connectivity index (χ0) is 19.8. The van der Waals surface area contributed by atoms with Crippen LogP contribution < -0.4 is 5.84 Å². The van der Waals surface area contributed by atoms with Gasteiger partial charge >= 0.3 is 6.18 Å². The molecule has 1 aliphatic heterocycles. The number of sulfone groups is 1. The zero-order valence-corrected chi connectivity index (χ0v) is 16.0. The summed E-state index contributed by atoms with van der Waals surface area (Å²) in [6, 6.07) is -0.412. The Hall–Kier alpha value is -1.50. The molecule has 1 amide bonds. The van der Waals surface area contributed by atoms with Crippen molar-refractivity contribution in [1.82, 2.24) is 19.8 Å². The number of carbonyl (C=O) groups excluding carboxylic acids is 1. The first kappa shape index (κ1) is 20.2. The van der Waals surface area contributed by atoms with Crippen LogP contribution in [0.4, 0.5) is 13.2 Å². The van der Waals surface area contributed by atoms with Crippen molar-refractivity contribution in [3.05, 3.63) is 5.82 Å². The first-order chi connectivity index (χ1) is 12.6. The highest BCUT2D eigenvalue weighted by Crippen LogP contribution is 2.31. The lowest BCUT2D eigenvalue weighted by molar-refractivity contribution is -0.146. The molecule has 0 unspecified atom stereocenters. The summed E-state index contributed by atoms with van der Waals surface area (Å²) in [7, 11) is -3.16. The molecule has 27 heavy (non-hydrogen) atoms. The highest BCUT2D eigenvalue weighted by atomic mass is 32.2. The van der Waals surface area contributed by atoms with Crippen molar-refractivity contribution in [2.75, 3.05) is 23.1 Å². The van der Waals surface area contributed by atoms with E-state index in [0.29, 0.717) is 11.1 Å². The van der Waals surface area contributed by atoms with Crippen LogP contribution in [0.15, 0.2) is 5.16 Å². The van der Waals surface area contributed by atoms with Crippen LogP contribution in [0, 0.1) is 0 Å². The first-order valence-corrected chi connectivity index (χ1v) is 11.3. The predicted octanol–water partition coefficient (Wildman–Crippen LogP) is 1.06. The molecule has 1 saturated carbocycles. The Bertz CT molecular complexity index is 805. The van der Waals surface area contributed by atoms with Crippen LogP contribution in [0.5, 0.6) is 0 Å². The average Bonchev–Trinajstić information content (AvgIpc) is 3.26. The summed E-state index contributed by atoms with van der Waals surface area (Å²) in [6.45, 7) is 0. The minimum absolute atomic E-state index is 0.0297. The smallest absolute Gasteiger partial charge is 0.335 e. The van der Waals surface area contributed by atoms with Crippen molar-refractivity contribution in [2.45, 2.75) is 55.5 Å². The molecule has 1 aromatic heterocycles. The number of rotatable bonds is 5. The van der Waals surface area contributed by atoms with Gasteiger partial charge in [0.1, 0.15) is 0 Å². The Kier molecular flexibility index (Phi) is 5.62. The summed E-state index contributed by atoms with van der Waals surface area (Å²) in [5.74, 6) is 3.53. The molecular formula is C14H20F3N5O3S2. The van der Waals surface area contributed by atoms with E-state index >= 15 is 0 Å². The van der Waals surface area contributed by atoms with Crippen LogP contribution in [0.25, 0.3) is 0 Å². The Morgan fingerprint density at radius 3 is 2.41 bits per heavy atom. The molecular weight excluding hydrogens is 407 g/mol. The Morgan fingerprint density at radius 1 is 1.22 bits per heavy atom. The SMILES string of the molecule is Nn1c(SCC(=O)N(C2CCCC2)[C@H]2CCS(=O)(=O)C2)nnc1C(F)(F)F. The van der Waals surface area contributed by atoms with Gasteiger partial charge in [-0.1, -0.05) is 24.6 Å². The van der Waals surface area contributed by atoms with Gasteiger partial charge in [0.15, 0.2) is 9.84 Å². The van der Waals surface area contributed by atoms with Crippen molar-refractivity contribution in [1.29, 1.82) is 0 Å². The number of carbonyl (C=O) groups is 1. The molecule has 2 N–H and O–H groups in total. The van der Waals surface area contributed by atoms with Gasteiger partial charge in [-0.25, -0.2) is 13.1 Å². The summed E-state index contributed by atoms with van der Waals surface area (Å²) < 4.78 is 62.1. The highest BCUT2D eigenvalue weighted by Gasteiger charge is 2.40. The van der Waals surface area contributed by atoms with E-state index in [1.54, 1.807) is 4.90 Å². The second-order valence-corrected chi connectivity index (χ2v) is 9.93. The van der Waals surface area contributed by atoms with Gasteiger partial charge in [0.25, 0.3) is 5.82 Å². The number of hydrogen-bond donors (Lipinski definition) is 1. The maximum atomic E-state index is 12.8. The number of thioether (sulfide) groups is 1. The summed E-state index contributed by atoms with van der Waals surface area (Å²) in [6.07, 6.45) is -0.810. The molecule has 3 rings (SSSR count). The molecule has 152 valence electrons. The minimum atomic E-state index is -4.74. The van der Waals surface area contributed by atoms with Crippen molar-refractivity contribution in [2.24, 2.45) is 0 Å². The van der Waals surface area contributed by atoms with Crippen molar-refractivity contribution >= 4 is 27.5 Å². The third kappa shape index (κ3) is 4.50. The summed E-state index contributed by atoms with van der Waals surface area (Å²) >= 11 is 0.762. The molecule has 1 aromatic rings. The lowest BCUT2D eigenvalue weighted by Gasteiger charge is -2.34. The summed E-state index contributed by atoms with van der Waals surface area (Å²) in [5.41, 5.74) is 0. The number of alkyl halides is 3. The quantitative estimate of drug-likeness (QED) is 0.552. The second kappa shape index (κ2) is 7.49. The van der Waals surface area contributed by atoms with E-state index in [0.717, 1.165) is 37.4 Å². The largest absolute Gasteiger partial charge is 0.453 e. The molecule has 0 bridgehead atoms. The van der Waals surface area contributed by atoms with Crippen LogP contribution >= 0.6 is 11.8 Å². The van der Waals surface area contributed by atoms with E-state index in [4.69, 9.17) is 5.84 Å². The van der Waals surface area contributed by atoms with Crippen molar-refractivity contribution in [3.8, 4) is 0 Å². The average molecular weight is 427 g/mol. The standard InChI is InChI=1S/C14H20F3N5O3S2/c15-14(16,17)12-19-20-13(22(12)18)26-7-11(23)21(9-3-1-2-4-9)10-5-6-27(24,25)8-10/h9-10H,1-8,18H2/t10-/m0/s1. The molecule has 13 heteroatoms. The Morgan fingerprint density at radius 2 is 1.89 bits per heavy atom. The van der Waals surface area contributed by atoms with E-state index in [2.05, 4.69) is 10.2 Å². The molecule has 0 spiro atoms. The highest BCUT2D eigenvalue weighted by molar-refractivity contribution is 7.99. The number of amides is 1. The molecule has 8 nitrogen and oxygen atoms in total. The van der Waals surface area contributed by atoms with Crippen LogP contribution in [0.2, 0.25) is 0 Å². The van der Waals surface area contributed by atoms with Crippen LogP contribution in [-0.2, 0) is 20.8 Å². The van der Waals surface area contributed by atoms with Gasteiger partial charge in [-0.2, -0.15) is 13.2 Å². The van der Waals surface area contributed by atoms with Crippen molar-refractivity contribution < 1.29 is 26.4 Å². The van der Waals surface area contributed by atoms with Gasteiger partial charge in [0.05, 0.1) is 17.3 Å². The maximum Gasteiger partial charge on any atom is 0.453 e. The number of nitrogens with zero attached hydrogens (tertiary/aromatic N) is 4. The summed E-state index contributed by atoms with van der Waals surface area (Å²) in [4.78, 5) is 14.4. The van der Waals surface area contributed by atoms with Gasteiger partial charge in [0, 0.05) is 12.1 Å². The molecule has 1 aliphatic carbocycles. The van der Waals surface area contributed by atoms with Crippen LogP contribution in [-0.4, -0.2) is 63.4 Å². The molecule has 2 aliphatic rings. The van der Waals surface area contributed by atoms with E-state index < -0.39 is 21.8 Å². The Balaban J connectivity index is 1.71. The summed E-state index contributed by atoms with van der Waals surface area (Å²) in [5, 5.41) is 6.20. The zero-order valence-electron chi connectivity index (χ0n) is 14.4. The third-order valence-electron chi connectivity index (χ3n) is 4.85. The van der Waals surface area contributed by atoms with Gasteiger partial charge in [-0.05, 0) is 19.3 Å². The molecule has 0 aromatic carbocycles. The van der Waals surface area contributed by atoms with Gasteiger partial charge in [0.2, 0.25) is 11.1 Å². The lowest BCUT2D eigenvalue weighted by atomic mass is 10.1. The number of nitrogen functional groups attached to an aromatic ring is 1. The minimum Gasteiger partial charge on any atom is -0.335 e. The van der Waals surface area contributed by atoms with Gasteiger partial charge in [-0.3, -0.25) is 4.79 Å². The van der Waals surface area contributed by atoms with Crippen LogP contribution in [0.3, 0.4) is 0 Å². The van der Waals surface area contributed by atoms with E-state index in [1.807, 2.05) is 0 Å². The maximum absolute atomic E-state index is 12.8. The fraction of sp³-hybridized carbons (Fsp3) is 0.786. The molecule has 1 atom stereocenters. The molecule has 2 heterocycles. The monoisotopic (exact) mass is 427 g/mol. The lowest BCUT2D eigenvalue weighted by Crippen LogP contribution is -2.47. The molecule has 1 saturated heterocycles. The predicted molar refractivity (Wildman–Crippen MR) is 92.1 cm³/mol. The fourth-order valence-corrected chi connectivity index (χ4v) is 6.09. The molecule has 2 fully saturated rings. The third-order valence-corrected chi connectivity index (χ3v) is 7.53. The van der Waals surface area contributed by atoms with Gasteiger partial charge in [-0.15, -0.1) is 10.2 Å². The second-order valence-electron chi connectivity index (χ2n) is 6.76. The van der Waals surface area contributed by atoms with Gasteiger partial charge < -0.3 is 10.7 Å². The number of aromatic nitrogens is 3. The number of nitrogens with two attached hydrogens (primary N) is 1. The normalized spacial score (nSPS) is 23.0. The Labute approximate surface area is 158 Å². The van der Waals surface area contributed by atoms with E-state index in [9.17, 15) is 26.4 Å². The van der Waals surface area contributed by atoms with Crippen LogP contribution in [0.1, 0.15) is 37.9 Å². The van der Waals surface area contributed by atoms with E-state index in [1.165, 1.54) is 0 Å². The number of halogens is 3. The first-order valence-electron chi connectivity index (χ1n) is 8.50. The van der Waals surface area contributed by atoms with Crippen molar-refractivity contribution in [3.63, 3.8) is 0 Å². The molecule has 0 radical (unpaired) electrons. The topological polar surface area (TPSA) is 111 Å². The number of hydrogen-bond acceptors (Lipinski definition) is 7. The fourth-order valence-electron chi connectivity index (χ4n) is 3.65. The van der Waals surface area contributed by atoms with E-state index in [-0.39, 0.29) is 40.4 Å².